The number of H-pyrrole nitrogens is 1. The van der Waals surface area contributed by atoms with Gasteiger partial charge in [-0.25, -0.2) is 4.39 Å². The summed E-state index contributed by atoms with van der Waals surface area (Å²) in [6.07, 6.45) is 1.57. The fraction of sp³-hybridized carbons (Fsp3) is 0.214. The Morgan fingerprint density at radius 1 is 1.42 bits per heavy atom. The fourth-order valence-corrected chi connectivity index (χ4v) is 1.89. The van der Waals surface area contributed by atoms with Crippen LogP contribution in [0.3, 0.4) is 0 Å². The lowest BCUT2D eigenvalue weighted by Crippen LogP contribution is -2.30. The molecule has 3 N–H and O–H groups in total. The van der Waals surface area contributed by atoms with Gasteiger partial charge in [0.05, 0.1) is 0 Å². The highest BCUT2D eigenvalue weighted by Gasteiger charge is 2.16. The molecule has 0 radical (unpaired) electrons. The molecule has 1 heterocycles. The van der Waals surface area contributed by atoms with Gasteiger partial charge in [-0.15, -0.1) is 0 Å². The molecule has 0 aliphatic rings. The third-order valence-electron chi connectivity index (χ3n) is 2.87. The molecule has 1 amide bonds. The number of nitrogens with zero attached hydrogens (tertiary/aromatic N) is 1. The van der Waals surface area contributed by atoms with Crippen LogP contribution in [-0.2, 0) is 6.54 Å². The van der Waals surface area contributed by atoms with Crippen molar-refractivity contribution in [2.24, 2.45) is 0 Å². The van der Waals surface area contributed by atoms with E-state index in [-0.39, 0.29) is 11.7 Å². The average molecular weight is 261 g/mol. The summed E-state index contributed by atoms with van der Waals surface area (Å²) in [7, 11) is 0. The first-order valence-corrected chi connectivity index (χ1v) is 6.07. The van der Waals surface area contributed by atoms with Crippen LogP contribution in [0.15, 0.2) is 36.5 Å². The normalized spacial score (nSPS) is 10.4. The SMILES string of the molecule is CCN(Cc1cccc(F)c1)C(=O)c1cc(N)c[nH]1. The predicted octanol–water partition coefficient (Wildman–Crippen LogP) is 2.40. The number of rotatable bonds is 4. The van der Waals surface area contributed by atoms with E-state index in [2.05, 4.69) is 4.98 Å². The number of nitrogens with one attached hydrogen (secondary N) is 1. The third kappa shape index (κ3) is 3.13. The van der Waals surface area contributed by atoms with Crippen molar-refractivity contribution >= 4 is 11.6 Å². The lowest BCUT2D eigenvalue weighted by Gasteiger charge is -2.20. The lowest BCUT2D eigenvalue weighted by molar-refractivity contribution is 0.0747. The van der Waals surface area contributed by atoms with Gasteiger partial charge < -0.3 is 15.6 Å². The van der Waals surface area contributed by atoms with Gasteiger partial charge in [0.15, 0.2) is 0 Å². The summed E-state index contributed by atoms with van der Waals surface area (Å²) in [6.45, 7) is 2.78. The summed E-state index contributed by atoms with van der Waals surface area (Å²) in [4.78, 5) is 16.7. The molecule has 2 aromatic rings. The molecule has 1 aromatic heterocycles. The molecule has 0 bridgehead atoms. The van der Waals surface area contributed by atoms with Gasteiger partial charge in [-0.2, -0.15) is 0 Å². The number of halogens is 1. The van der Waals surface area contributed by atoms with Gasteiger partial charge in [0.25, 0.3) is 5.91 Å². The monoisotopic (exact) mass is 261 g/mol. The van der Waals surface area contributed by atoms with Crippen molar-refractivity contribution in [2.75, 3.05) is 12.3 Å². The molecule has 19 heavy (non-hydrogen) atoms. The molecule has 0 saturated carbocycles. The topological polar surface area (TPSA) is 62.1 Å². The molecule has 0 aliphatic heterocycles. The zero-order valence-electron chi connectivity index (χ0n) is 10.7. The smallest absolute Gasteiger partial charge is 0.270 e. The number of amides is 1. The Morgan fingerprint density at radius 2 is 2.21 bits per heavy atom. The fourth-order valence-electron chi connectivity index (χ4n) is 1.89. The van der Waals surface area contributed by atoms with Crippen LogP contribution in [0, 0.1) is 5.82 Å². The standard InChI is InChI=1S/C14H16FN3O/c1-2-18(9-10-4-3-5-11(15)6-10)14(19)13-7-12(16)8-17-13/h3-8,17H,2,9,16H2,1H3. The first-order valence-electron chi connectivity index (χ1n) is 6.07. The van der Waals surface area contributed by atoms with E-state index in [1.807, 2.05) is 6.92 Å². The van der Waals surface area contributed by atoms with Gasteiger partial charge in [-0.1, -0.05) is 12.1 Å². The van der Waals surface area contributed by atoms with Gasteiger partial charge in [0.2, 0.25) is 0 Å². The van der Waals surface area contributed by atoms with Crippen LogP contribution in [0.25, 0.3) is 0 Å². The minimum absolute atomic E-state index is 0.150. The van der Waals surface area contributed by atoms with Crippen LogP contribution < -0.4 is 5.73 Å². The maximum absolute atomic E-state index is 13.1. The Morgan fingerprint density at radius 3 is 2.79 bits per heavy atom. The number of aromatic nitrogens is 1. The van der Waals surface area contributed by atoms with E-state index in [0.717, 1.165) is 5.56 Å². The number of hydrogen-bond donors (Lipinski definition) is 2. The second-order valence-electron chi connectivity index (χ2n) is 4.30. The summed E-state index contributed by atoms with van der Waals surface area (Å²) >= 11 is 0. The van der Waals surface area contributed by atoms with E-state index in [1.165, 1.54) is 12.1 Å². The van der Waals surface area contributed by atoms with Crippen molar-refractivity contribution in [2.45, 2.75) is 13.5 Å². The summed E-state index contributed by atoms with van der Waals surface area (Å²) in [6, 6.07) is 7.83. The molecule has 0 unspecified atom stereocenters. The molecule has 100 valence electrons. The summed E-state index contributed by atoms with van der Waals surface area (Å²) < 4.78 is 13.1. The van der Waals surface area contributed by atoms with Crippen LogP contribution in [0.5, 0.6) is 0 Å². The number of carbonyl (C=O) groups excluding carboxylic acids is 1. The van der Waals surface area contributed by atoms with Gasteiger partial charge >= 0.3 is 0 Å². The number of nitrogen functional groups attached to an aromatic ring is 1. The molecular formula is C14H16FN3O. The van der Waals surface area contributed by atoms with Gasteiger partial charge in [-0.05, 0) is 30.7 Å². The van der Waals surface area contributed by atoms with Gasteiger partial charge in [0.1, 0.15) is 11.5 Å². The molecule has 0 spiro atoms. The highest BCUT2D eigenvalue weighted by molar-refractivity contribution is 5.93. The predicted molar refractivity (Wildman–Crippen MR) is 72.0 cm³/mol. The van der Waals surface area contributed by atoms with Crippen LogP contribution in [0.2, 0.25) is 0 Å². The Bertz CT molecular complexity index is 580. The summed E-state index contributed by atoms with van der Waals surface area (Å²) in [5.41, 5.74) is 7.30. The zero-order valence-corrected chi connectivity index (χ0v) is 10.7. The Hall–Kier alpha value is -2.30. The summed E-state index contributed by atoms with van der Waals surface area (Å²) in [5.74, 6) is -0.450. The average Bonchev–Trinajstić information content (AvgIpc) is 2.82. The van der Waals surface area contributed by atoms with Crippen molar-refractivity contribution in [3.8, 4) is 0 Å². The number of nitrogens with two attached hydrogens (primary N) is 1. The van der Waals surface area contributed by atoms with Gasteiger partial charge in [-0.3, -0.25) is 4.79 Å². The van der Waals surface area contributed by atoms with Crippen molar-refractivity contribution in [1.82, 2.24) is 9.88 Å². The Labute approximate surface area is 111 Å². The number of anilines is 1. The molecule has 0 aliphatic carbocycles. The number of carbonyl (C=O) groups is 1. The quantitative estimate of drug-likeness (QED) is 0.887. The van der Waals surface area contributed by atoms with E-state index >= 15 is 0 Å². The van der Waals surface area contributed by atoms with Gasteiger partial charge in [0, 0.05) is 25.0 Å². The molecular weight excluding hydrogens is 245 g/mol. The van der Waals surface area contributed by atoms with E-state index in [4.69, 9.17) is 5.73 Å². The van der Waals surface area contributed by atoms with Crippen LogP contribution >= 0.6 is 0 Å². The molecule has 5 heteroatoms. The second kappa shape index (κ2) is 5.56. The maximum atomic E-state index is 13.1. The molecule has 0 atom stereocenters. The highest BCUT2D eigenvalue weighted by Crippen LogP contribution is 2.12. The largest absolute Gasteiger partial charge is 0.397 e. The number of benzene rings is 1. The van der Waals surface area contributed by atoms with Crippen molar-refractivity contribution in [3.05, 3.63) is 53.6 Å². The van der Waals surface area contributed by atoms with Crippen LogP contribution in [-0.4, -0.2) is 22.3 Å². The number of hydrogen-bond acceptors (Lipinski definition) is 2. The third-order valence-corrected chi connectivity index (χ3v) is 2.87. The minimum Gasteiger partial charge on any atom is -0.397 e. The van der Waals surface area contributed by atoms with Crippen LogP contribution in [0.4, 0.5) is 10.1 Å². The first kappa shape index (κ1) is 13.1. The van der Waals surface area contributed by atoms with E-state index < -0.39 is 0 Å². The summed E-state index contributed by atoms with van der Waals surface area (Å²) in [5, 5.41) is 0. The van der Waals surface area contributed by atoms with E-state index in [1.54, 1.807) is 29.3 Å². The zero-order chi connectivity index (χ0) is 13.8. The number of aromatic amines is 1. The van der Waals surface area contributed by atoms with Crippen molar-refractivity contribution < 1.29 is 9.18 Å². The highest BCUT2D eigenvalue weighted by atomic mass is 19.1. The van der Waals surface area contributed by atoms with E-state index in [0.29, 0.717) is 24.5 Å². The lowest BCUT2D eigenvalue weighted by atomic mass is 10.2. The maximum Gasteiger partial charge on any atom is 0.270 e. The molecule has 4 nitrogen and oxygen atoms in total. The van der Waals surface area contributed by atoms with E-state index in [9.17, 15) is 9.18 Å². The minimum atomic E-state index is -0.301. The Kier molecular flexibility index (Phi) is 3.85. The molecule has 1 aromatic carbocycles. The molecule has 2 rings (SSSR count). The Balaban J connectivity index is 2.14. The molecule has 0 saturated heterocycles. The first-order chi connectivity index (χ1) is 9.10. The van der Waals surface area contributed by atoms with Crippen molar-refractivity contribution in [3.63, 3.8) is 0 Å². The van der Waals surface area contributed by atoms with Crippen molar-refractivity contribution in [1.29, 1.82) is 0 Å². The molecule has 0 fully saturated rings. The second-order valence-corrected chi connectivity index (χ2v) is 4.30. The van der Waals surface area contributed by atoms with Crippen LogP contribution in [0.1, 0.15) is 23.0 Å².